The van der Waals surface area contributed by atoms with E-state index in [9.17, 15) is 9.59 Å². The van der Waals surface area contributed by atoms with Gasteiger partial charge in [0.2, 0.25) is 0 Å². The van der Waals surface area contributed by atoms with Crippen LogP contribution in [0.4, 0.5) is 4.79 Å². The number of carbonyl (C=O) groups excluding carboxylic acids is 2. The summed E-state index contributed by atoms with van der Waals surface area (Å²) in [7, 11) is 0. The molecule has 3 rings (SSSR count). The second kappa shape index (κ2) is 11.2. The summed E-state index contributed by atoms with van der Waals surface area (Å²) in [6, 6.07) is 16.5. The molecule has 0 aromatic heterocycles. The maximum absolute atomic E-state index is 12.7. The molecule has 2 aromatic rings. The lowest BCUT2D eigenvalue weighted by atomic mass is 9.95. The Labute approximate surface area is 182 Å². The van der Waals surface area contributed by atoms with Crippen LogP contribution in [-0.2, 0) is 16.0 Å². The zero-order valence-electron chi connectivity index (χ0n) is 17.9. The predicted octanol–water partition coefficient (Wildman–Crippen LogP) is 3.09. The SMILES string of the molecule is CCOC(=O)C1=C(CNCCc2ccc(OCC)cc2)NC(=O)NC1c1ccccc1. The molecule has 1 aliphatic heterocycles. The van der Waals surface area contributed by atoms with Gasteiger partial charge in [0.05, 0.1) is 24.8 Å². The second-order valence-corrected chi connectivity index (χ2v) is 7.06. The monoisotopic (exact) mass is 423 g/mol. The largest absolute Gasteiger partial charge is 0.494 e. The third-order valence-corrected chi connectivity index (χ3v) is 4.91. The molecule has 1 unspecified atom stereocenters. The van der Waals surface area contributed by atoms with Gasteiger partial charge in [-0.2, -0.15) is 0 Å². The van der Waals surface area contributed by atoms with E-state index in [1.54, 1.807) is 6.92 Å². The summed E-state index contributed by atoms with van der Waals surface area (Å²) in [5.74, 6) is 0.417. The maximum atomic E-state index is 12.7. The zero-order chi connectivity index (χ0) is 22.1. The smallest absolute Gasteiger partial charge is 0.338 e. The minimum atomic E-state index is -0.558. The third-order valence-electron chi connectivity index (χ3n) is 4.91. The number of hydrogen-bond acceptors (Lipinski definition) is 5. The van der Waals surface area contributed by atoms with Gasteiger partial charge in [0.15, 0.2) is 0 Å². The molecule has 7 heteroatoms. The van der Waals surface area contributed by atoms with Crippen molar-refractivity contribution < 1.29 is 19.1 Å². The lowest BCUT2D eigenvalue weighted by Gasteiger charge is -2.29. The van der Waals surface area contributed by atoms with Gasteiger partial charge in [0.25, 0.3) is 0 Å². The molecule has 7 nitrogen and oxygen atoms in total. The van der Waals surface area contributed by atoms with Gasteiger partial charge in [-0.15, -0.1) is 0 Å². The molecular weight excluding hydrogens is 394 g/mol. The summed E-state index contributed by atoms with van der Waals surface area (Å²) in [6.45, 7) is 5.66. The van der Waals surface area contributed by atoms with E-state index in [1.165, 1.54) is 5.56 Å². The molecule has 1 atom stereocenters. The predicted molar refractivity (Wildman–Crippen MR) is 119 cm³/mol. The molecule has 0 saturated heterocycles. The Morgan fingerprint density at radius 3 is 2.45 bits per heavy atom. The van der Waals surface area contributed by atoms with Crippen LogP contribution in [0.15, 0.2) is 65.9 Å². The van der Waals surface area contributed by atoms with Crippen molar-refractivity contribution in [3.63, 3.8) is 0 Å². The highest BCUT2D eigenvalue weighted by Gasteiger charge is 2.33. The number of rotatable bonds is 10. The fourth-order valence-electron chi connectivity index (χ4n) is 3.47. The Kier molecular flexibility index (Phi) is 8.06. The molecule has 3 N–H and O–H groups in total. The molecule has 0 radical (unpaired) electrons. The van der Waals surface area contributed by atoms with Crippen LogP contribution in [0.5, 0.6) is 5.75 Å². The van der Waals surface area contributed by atoms with Crippen LogP contribution in [0.25, 0.3) is 0 Å². The van der Waals surface area contributed by atoms with Crippen LogP contribution in [0.2, 0.25) is 0 Å². The van der Waals surface area contributed by atoms with E-state index >= 15 is 0 Å². The van der Waals surface area contributed by atoms with Gasteiger partial charge < -0.3 is 25.4 Å². The topological polar surface area (TPSA) is 88.7 Å². The number of esters is 1. The Morgan fingerprint density at radius 1 is 1.03 bits per heavy atom. The van der Waals surface area contributed by atoms with Crippen molar-refractivity contribution in [1.82, 2.24) is 16.0 Å². The van der Waals surface area contributed by atoms with Crippen molar-refractivity contribution in [1.29, 1.82) is 0 Å². The van der Waals surface area contributed by atoms with E-state index in [0.717, 1.165) is 17.7 Å². The molecule has 1 aliphatic rings. The molecule has 1 heterocycles. The van der Waals surface area contributed by atoms with Crippen molar-refractivity contribution in [3.05, 3.63) is 77.0 Å². The average molecular weight is 424 g/mol. The van der Waals surface area contributed by atoms with Crippen LogP contribution < -0.4 is 20.7 Å². The van der Waals surface area contributed by atoms with Crippen LogP contribution in [-0.4, -0.2) is 38.3 Å². The van der Waals surface area contributed by atoms with E-state index in [2.05, 4.69) is 16.0 Å². The molecule has 0 aliphatic carbocycles. The number of ether oxygens (including phenoxy) is 2. The van der Waals surface area contributed by atoms with Crippen LogP contribution in [0.3, 0.4) is 0 Å². The Balaban J connectivity index is 1.70. The van der Waals surface area contributed by atoms with Gasteiger partial charge in [0, 0.05) is 12.2 Å². The quantitative estimate of drug-likeness (QED) is 0.404. The van der Waals surface area contributed by atoms with Crippen molar-refractivity contribution in [2.24, 2.45) is 0 Å². The number of benzene rings is 2. The summed E-state index contributed by atoms with van der Waals surface area (Å²) in [4.78, 5) is 25.0. The summed E-state index contributed by atoms with van der Waals surface area (Å²) in [6.07, 6.45) is 0.808. The van der Waals surface area contributed by atoms with E-state index in [0.29, 0.717) is 31.0 Å². The molecule has 31 heavy (non-hydrogen) atoms. The van der Waals surface area contributed by atoms with E-state index < -0.39 is 12.0 Å². The van der Waals surface area contributed by atoms with Crippen molar-refractivity contribution >= 4 is 12.0 Å². The Hall–Kier alpha value is -3.32. The van der Waals surface area contributed by atoms with Gasteiger partial charge >= 0.3 is 12.0 Å². The molecule has 0 bridgehead atoms. The van der Waals surface area contributed by atoms with Gasteiger partial charge in [-0.05, 0) is 50.1 Å². The van der Waals surface area contributed by atoms with E-state index in [1.807, 2.05) is 61.5 Å². The molecule has 0 saturated carbocycles. The molecule has 0 spiro atoms. The number of urea groups is 1. The van der Waals surface area contributed by atoms with E-state index in [-0.39, 0.29) is 12.6 Å². The number of nitrogens with one attached hydrogen (secondary N) is 3. The normalized spacial score (nSPS) is 15.8. The summed E-state index contributed by atoms with van der Waals surface area (Å²) < 4.78 is 10.7. The van der Waals surface area contributed by atoms with Crippen LogP contribution in [0.1, 0.15) is 31.0 Å². The minimum Gasteiger partial charge on any atom is -0.494 e. The van der Waals surface area contributed by atoms with Gasteiger partial charge in [-0.3, -0.25) is 0 Å². The lowest BCUT2D eigenvalue weighted by molar-refractivity contribution is -0.139. The number of carbonyl (C=O) groups is 2. The fraction of sp³-hybridized carbons (Fsp3) is 0.333. The molecular formula is C24H29N3O4. The van der Waals surface area contributed by atoms with Crippen molar-refractivity contribution in [2.45, 2.75) is 26.3 Å². The zero-order valence-corrected chi connectivity index (χ0v) is 17.9. The van der Waals surface area contributed by atoms with Gasteiger partial charge in [-0.1, -0.05) is 42.5 Å². The highest BCUT2D eigenvalue weighted by Crippen LogP contribution is 2.27. The molecule has 0 fully saturated rings. The first-order chi connectivity index (χ1) is 15.1. The number of amides is 2. The Morgan fingerprint density at radius 2 is 1.77 bits per heavy atom. The summed E-state index contributed by atoms with van der Waals surface area (Å²) in [5.41, 5.74) is 2.95. The van der Waals surface area contributed by atoms with Crippen molar-refractivity contribution in [2.75, 3.05) is 26.3 Å². The highest BCUT2D eigenvalue weighted by molar-refractivity contribution is 5.95. The standard InChI is InChI=1S/C24H29N3O4/c1-3-30-19-12-10-17(11-13-19)14-15-25-16-20-21(23(28)31-4-2)22(27-24(29)26-20)18-8-6-5-7-9-18/h5-13,22,25H,3-4,14-16H2,1-2H3,(H2,26,27,29). The summed E-state index contributed by atoms with van der Waals surface area (Å²) >= 11 is 0. The molecule has 164 valence electrons. The molecule has 2 amide bonds. The maximum Gasteiger partial charge on any atom is 0.338 e. The first kappa shape index (κ1) is 22.4. The van der Waals surface area contributed by atoms with Crippen LogP contribution in [0, 0.1) is 0 Å². The van der Waals surface area contributed by atoms with E-state index in [4.69, 9.17) is 9.47 Å². The highest BCUT2D eigenvalue weighted by atomic mass is 16.5. The number of hydrogen-bond donors (Lipinski definition) is 3. The fourth-order valence-corrected chi connectivity index (χ4v) is 3.47. The molecule has 2 aromatic carbocycles. The van der Waals surface area contributed by atoms with Crippen LogP contribution >= 0.6 is 0 Å². The van der Waals surface area contributed by atoms with Crippen molar-refractivity contribution in [3.8, 4) is 5.75 Å². The average Bonchev–Trinajstić information content (AvgIpc) is 2.78. The first-order valence-corrected chi connectivity index (χ1v) is 10.6. The van der Waals surface area contributed by atoms with Gasteiger partial charge in [-0.25, -0.2) is 9.59 Å². The first-order valence-electron chi connectivity index (χ1n) is 10.6. The minimum absolute atomic E-state index is 0.260. The third kappa shape index (κ3) is 6.08. The summed E-state index contributed by atoms with van der Waals surface area (Å²) in [5, 5.41) is 8.93. The second-order valence-electron chi connectivity index (χ2n) is 7.06. The van der Waals surface area contributed by atoms with Gasteiger partial charge in [0.1, 0.15) is 5.75 Å². The Bertz CT molecular complexity index is 910. The lowest BCUT2D eigenvalue weighted by Crippen LogP contribution is -2.48.